The van der Waals surface area contributed by atoms with Crippen LogP contribution in [0.25, 0.3) is 10.6 Å². The Morgan fingerprint density at radius 2 is 1.90 bits per heavy atom. The molecule has 0 spiro atoms. The average Bonchev–Trinajstić information content (AvgIpc) is 3.36. The summed E-state index contributed by atoms with van der Waals surface area (Å²) in [5.41, 5.74) is 7.55. The minimum Gasteiger partial charge on any atom is -0.367 e. The van der Waals surface area contributed by atoms with E-state index in [4.69, 9.17) is 17.3 Å². The molecule has 4 rings (SSSR count). The van der Waals surface area contributed by atoms with Gasteiger partial charge in [-0.2, -0.15) is 13.4 Å². The van der Waals surface area contributed by atoms with Gasteiger partial charge < -0.3 is 5.73 Å². The Labute approximate surface area is 180 Å². The lowest BCUT2D eigenvalue weighted by atomic mass is 10.2. The van der Waals surface area contributed by atoms with E-state index >= 15 is 0 Å². The first kappa shape index (κ1) is 19.9. The molecule has 7 nitrogen and oxygen atoms in total. The van der Waals surface area contributed by atoms with Gasteiger partial charge in [-0.25, -0.2) is 0 Å². The molecule has 11 heteroatoms. The first-order valence-electron chi connectivity index (χ1n) is 8.30. The molecule has 0 aliphatic heterocycles. The van der Waals surface area contributed by atoms with Gasteiger partial charge in [-0.1, -0.05) is 41.6 Å². The molecule has 2 N–H and O–H groups in total. The van der Waals surface area contributed by atoms with E-state index in [-0.39, 0.29) is 15.3 Å². The first-order chi connectivity index (χ1) is 13.9. The van der Waals surface area contributed by atoms with Gasteiger partial charge in [-0.15, -0.1) is 20.5 Å². The second kappa shape index (κ2) is 8.15. The van der Waals surface area contributed by atoms with Crippen LogP contribution < -0.4 is 5.73 Å². The fourth-order valence-corrected chi connectivity index (χ4v) is 5.91. The second-order valence-corrected chi connectivity index (χ2v) is 10.3. The third-order valence-electron chi connectivity index (χ3n) is 3.84. The summed E-state index contributed by atoms with van der Waals surface area (Å²) in [7, 11) is -3.95. The molecular formula is C18H14ClN5O2S3. The minimum absolute atomic E-state index is 0.115. The number of benzene rings is 1. The SMILES string of the molecule is Nc1nc(SCc2ccc(Cl)cc2)nn1S(=O)(=O)c1ccc(-c2ccccn2)s1. The second-order valence-electron chi connectivity index (χ2n) is 5.85. The molecule has 4 aromatic rings. The van der Waals surface area contributed by atoms with E-state index in [0.29, 0.717) is 16.5 Å². The van der Waals surface area contributed by atoms with E-state index in [0.717, 1.165) is 25.9 Å². The number of pyridine rings is 1. The molecule has 148 valence electrons. The van der Waals surface area contributed by atoms with Gasteiger partial charge in [0.15, 0.2) is 0 Å². The number of rotatable bonds is 6. The van der Waals surface area contributed by atoms with E-state index in [1.807, 2.05) is 24.3 Å². The molecule has 3 aromatic heterocycles. The van der Waals surface area contributed by atoms with Crippen molar-refractivity contribution in [3.8, 4) is 10.6 Å². The number of nitrogen functional groups attached to an aromatic ring is 1. The van der Waals surface area contributed by atoms with Crippen molar-refractivity contribution in [2.75, 3.05) is 5.73 Å². The Morgan fingerprint density at radius 3 is 2.62 bits per heavy atom. The summed E-state index contributed by atoms with van der Waals surface area (Å²) in [4.78, 5) is 9.06. The number of anilines is 1. The van der Waals surface area contributed by atoms with E-state index in [1.54, 1.807) is 30.5 Å². The molecule has 0 amide bonds. The van der Waals surface area contributed by atoms with E-state index in [2.05, 4.69) is 15.1 Å². The summed E-state index contributed by atoms with van der Waals surface area (Å²) < 4.78 is 26.8. The molecule has 0 atom stereocenters. The van der Waals surface area contributed by atoms with Crippen molar-refractivity contribution in [1.29, 1.82) is 0 Å². The Kier molecular flexibility index (Phi) is 5.59. The third kappa shape index (κ3) is 4.30. The Bertz CT molecular complexity index is 1240. The normalized spacial score (nSPS) is 11.6. The van der Waals surface area contributed by atoms with Crippen molar-refractivity contribution in [2.45, 2.75) is 15.1 Å². The third-order valence-corrected chi connectivity index (χ3v) is 8.16. The van der Waals surface area contributed by atoms with Crippen molar-refractivity contribution in [3.63, 3.8) is 0 Å². The Morgan fingerprint density at radius 1 is 1.10 bits per heavy atom. The summed E-state index contributed by atoms with van der Waals surface area (Å²) in [6.45, 7) is 0. The van der Waals surface area contributed by atoms with Gasteiger partial charge in [-0.05, 0) is 42.0 Å². The zero-order valence-electron chi connectivity index (χ0n) is 14.8. The standard InChI is InChI=1S/C18H14ClN5O2S3/c19-13-6-4-12(5-7-13)11-27-18-22-17(20)24(23-18)29(25,26)16-9-8-15(28-16)14-3-1-2-10-21-14/h1-10H,11H2,(H2,20,22,23). The van der Waals surface area contributed by atoms with Crippen molar-refractivity contribution < 1.29 is 8.42 Å². The molecule has 29 heavy (non-hydrogen) atoms. The highest BCUT2D eigenvalue weighted by Gasteiger charge is 2.25. The minimum atomic E-state index is -3.95. The molecule has 0 saturated carbocycles. The van der Waals surface area contributed by atoms with Crippen molar-refractivity contribution >= 4 is 50.7 Å². The van der Waals surface area contributed by atoms with Crippen LogP contribution in [0, 0.1) is 0 Å². The van der Waals surface area contributed by atoms with Crippen molar-refractivity contribution in [1.82, 2.24) is 19.2 Å². The van der Waals surface area contributed by atoms with Crippen LogP contribution in [-0.4, -0.2) is 27.6 Å². The van der Waals surface area contributed by atoms with Crippen LogP contribution >= 0.6 is 34.7 Å². The number of halogens is 1. The number of hydrogen-bond acceptors (Lipinski definition) is 8. The zero-order valence-corrected chi connectivity index (χ0v) is 18.0. The number of hydrogen-bond donors (Lipinski definition) is 1. The number of nitrogens with two attached hydrogens (primary N) is 1. The molecule has 0 aliphatic rings. The highest BCUT2D eigenvalue weighted by molar-refractivity contribution is 7.98. The lowest BCUT2D eigenvalue weighted by Crippen LogP contribution is -2.16. The molecular weight excluding hydrogens is 450 g/mol. The predicted octanol–water partition coefficient (Wildman–Crippen LogP) is 4.17. The van der Waals surface area contributed by atoms with Crippen LogP contribution in [0.4, 0.5) is 5.95 Å². The van der Waals surface area contributed by atoms with Crippen LogP contribution in [0.1, 0.15) is 5.56 Å². The van der Waals surface area contributed by atoms with Crippen molar-refractivity contribution in [2.24, 2.45) is 0 Å². The van der Waals surface area contributed by atoms with Gasteiger partial charge in [0.2, 0.25) is 11.1 Å². The van der Waals surface area contributed by atoms with Crippen LogP contribution in [-0.2, 0) is 15.8 Å². The van der Waals surface area contributed by atoms with Crippen LogP contribution in [0.2, 0.25) is 5.02 Å². The number of nitrogens with zero attached hydrogens (tertiary/aromatic N) is 4. The molecule has 0 radical (unpaired) electrons. The maximum Gasteiger partial charge on any atom is 0.295 e. The summed E-state index contributed by atoms with van der Waals surface area (Å²) in [6, 6.07) is 16.0. The molecule has 3 heterocycles. The summed E-state index contributed by atoms with van der Waals surface area (Å²) in [5, 5.41) is 5.02. The Hall–Kier alpha value is -2.40. The van der Waals surface area contributed by atoms with E-state index in [1.165, 1.54) is 17.8 Å². The Balaban J connectivity index is 1.56. The highest BCUT2D eigenvalue weighted by Crippen LogP contribution is 2.31. The number of aromatic nitrogens is 4. The van der Waals surface area contributed by atoms with Gasteiger partial charge in [0.1, 0.15) is 4.21 Å². The zero-order chi connectivity index (χ0) is 20.4. The van der Waals surface area contributed by atoms with E-state index in [9.17, 15) is 8.42 Å². The molecule has 0 aliphatic carbocycles. The quantitative estimate of drug-likeness (QED) is 0.428. The van der Waals surface area contributed by atoms with Gasteiger partial charge >= 0.3 is 0 Å². The monoisotopic (exact) mass is 463 g/mol. The summed E-state index contributed by atoms with van der Waals surface area (Å²) in [5.74, 6) is 0.375. The molecule has 1 aromatic carbocycles. The smallest absolute Gasteiger partial charge is 0.295 e. The van der Waals surface area contributed by atoms with E-state index < -0.39 is 10.0 Å². The largest absolute Gasteiger partial charge is 0.367 e. The molecule has 0 bridgehead atoms. The topological polar surface area (TPSA) is 104 Å². The van der Waals surface area contributed by atoms with Gasteiger partial charge in [-0.3, -0.25) is 4.98 Å². The highest BCUT2D eigenvalue weighted by atomic mass is 35.5. The van der Waals surface area contributed by atoms with Crippen LogP contribution in [0.5, 0.6) is 0 Å². The molecule has 0 saturated heterocycles. The fraction of sp³-hybridized carbons (Fsp3) is 0.0556. The summed E-state index contributed by atoms with van der Waals surface area (Å²) >= 11 is 8.28. The maximum absolute atomic E-state index is 13.0. The predicted molar refractivity (Wildman–Crippen MR) is 116 cm³/mol. The lowest BCUT2D eigenvalue weighted by Gasteiger charge is -2.02. The summed E-state index contributed by atoms with van der Waals surface area (Å²) in [6.07, 6.45) is 1.66. The van der Waals surface area contributed by atoms with Gasteiger partial charge in [0.25, 0.3) is 10.0 Å². The first-order valence-corrected chi connectivity index (χ1v) is 11.9. The van der Waals surface area contributed by atoms with Crippen molar-refractivity contribution in [3.05, 3.63) is 71.4 Å². The van der Waals surface area contributed by atoms with Gasteiger partial charge in [0, 0.05) is 17.0 Å². The lowest BCUT2D eigenvalue weighted by molar-refractivity contribution is 0.582. The van der Waals surface area contributed by atoms with Gasteiger partial charge in [0.05, 0.1) is 10.6 Å². The van der Waals surface area contributed by atoms with Crippen LogP contribution in [0.3, 0.4) is 0 Å². The maximum atomic E-state index is 13.0. The number of thiophene rings is 1. The molecule has 0 unspecified atom stereocenters. The van der Waals surface area contributed by atoms with Crippen LogP contribution in [0.15, 0.2) is 70.2 Å². The molecule has 0 fully saturated rings. The number of thioether (sulfide) groups is 1. The average molecular weight is 464 g/mol. The fourth-order valence-electron chi connectivity index (χ4n) is 2.45.